The number of hydrogen-bond donors (Lipinski definition) is 3. The Kier molecular flexibility index (Phi) is 6.86. The van der Waals surface area contributed by atoms with E-state index in [2.05, 4.69) is 15.3 Å². The maximum absolute atomic E-state index is 14.0. The van der Waals surface area contributed by atoms with Gasteiger partial charge in [0.15, 0.2) is 0 Å². The zero-order chi connectivity index (χ0) is 29.9. The van der Waals surface area contributed by atoms with Crippen LogP contribution in [-0.2, 0) is 7.05 Å². The minimum Gasteiger partial charge on any atom is -0.403 e. The largest absolute Gasteiger partial charge is 0.403 e. The van der Waals surface area contributed by atoms with Crippen LogP contribution in [0.5, 0.6) is 0 Å². The fourth-order valence-electron chi connectivity index (χ4n) is 5.81. The second-order valence-electron chi connectivity index (χ2n) is 10.5. The molecular formula is C28H29ClF2N10O. The highest BCUT2D eigenvalue weighted by atomic mass is 35.5. The summed E-state index contributed by atoms with van der Waals surface area (Å²) < 4.78 is 31.6. The van der Waals surface area contributed by atoms with E-state index in [1.807, 2.05) is 49.8 Å². The number of hydrazine groups is 1. The zero-order valence-electron chi connectivity index (χ0n) is 23.1. The van der Waals surface area contributed by atoms with Gasteiger partial charge in [-0.25, -0.2) is 15.6 Å². The molecule has 14 heteroatoms. The summed E-state index contributed by atoms with van der Waals surface area (Å²) in [5.41, 5.74) is 11.9. The summed E-state index contributed by atoms with van der Waals surface area (Å²) in [6.45, 7) is 0.841. The van der Waals surface area contributed by atoms with Gasteiger partial charge >= 0.3 is 12.6 Å². The van der Waals surface area contributed by atoms with Crippen molar-refractivity contribution in [1.29, 1.82) is 0 Å². The number of H-pyrrole nitrogens is 1. The average Bonchev–Trinajstić information content (AvgIpc) is 3.64. The fourth-order valence-corrected chi connectivity index (χ4v) is 6.06. The molecular weight excluding hydrogens is 566 g/mol. The van der Waals surface area contributed by atoms with Crippen molar-refractivity contribution in [3.63, 3.8) is 0 Å². The lowest BCUT2D eigenvalue weighted by Gasteiger charge is -2.43. The molecule has 0 radical (unpaired) electrons. The first-order valence-electron chi connectivity index (χ1n) is 13.3. The summed E-state index contributed by atoms with van der Waals surface area (Å²) in [7, 11) is 1.88. The number of carbonyl (C=O) groups excluding carboxylic acids is 1. The molecule has 3 heterocycles. The SMILES string of the molecule is Cc1cc2[nH]ncc2c(-c2c(-c3ccc4c(cnn4C)c3)nn(C3CC(N(C(=O)N(N)/C=C\N)C(F)F)C3)c2C)c1Cl. The Morgan fingerprint density at radius 3 is 2.69 bits per heavy atom. The number of carbonyl (C=O) groups is 1. The van der Waals surface area contributed by atoms with E-state index in [9.17, 15) is 13.6 Å². The lowest BCUT2D eigenvalue weighted by atomic mass is 9.85. The van der Waals surface area contributed by atoms with E-state index >= 15 is 0 Å². The number of aryl methyl sites for hydroxylation is 2. The number of aromatic amines is 1. The van der Waals surface area contributed by atoms with Gasteiger partial charge in [-0.05, 0) is 50.5 Å². The van der Waals surface area contributed by atoms with Gasteiger partial charge in [0.2, 0.25) is 0 Å². The normalized spacial score (nSPS) is 17.0. The number of benzene rings is 2. The summed E-state index contributed by atoms with van der Waals surface area (Å²) in [4.78, 5) is 13.1. The number of nitrogens with one attached hydrogen (secondary N) is 1. The number of hydrogen-bond acceptors (Lipinski definition) is 6. The lowest BCUT2D eigenvalue weighted by Crippen LogP contribution is -2.55. The molecule has 0 saturated heterocycles. The van der Waals surface area contributed by atoms with Crippen molar-refractivity contribution < 1.29 is 13.6 Å². The summed E-state index contributed by atoms with van der Waals surface area (Å²) in [6, 6.07) is 5.94. The molecule has 1 aliphatic carbocycles. The van der Waals surface area contributed by atoms with Crippen LogP contribution in [0, 0.1) is 13.8 Å². The standard InChI is InChI=1S/C28H29ClF2N10O/c1-14-8-21-20(13-34-36-21)24(25(14)29)23-15(2)41(37-26(23)16-4-5-22-17(9-16)12-35-38(22)3)19-10-18(11-19)40(27(30)31)28(42)39(33)7-6-32/h4-9,12-13,18-19,27H,10-11,32-33H2,1-3H3,(H,34,36)/b7-6-. The topological polar surface area (TPSA) is 140 Å². The van der Waals surface area contributed by atoms with Gasteiger partial charge in [0.1, 0.15) is 5.69 Å². The molecule has 6 rings (SSSR count). The fraction of sp³-hybridized carbons (Fsp3) is 0.286. The number of aromatic nitrogens is 6. The van der Waals surface area contributed by atoms with Crippen LogP contribution < -0.4 is 11.6 Å². The molecule has 0 spiro atoms. The van der Waals surface area contributed by atoms with Crippen molar-refractivity contribution in [2.45, 2.75) is 45.3 Å². The van der Waals surface area contributed by atoms with Crippen LogP contribution >= 0.6 is 11.6 Å². The van der Waals surface area contributed by atoms with Gasteiger partial charge in [0, 0.05) is 58.6 Å². The Balaban J connectivity index is 1.45. The highest BCUT2D eigenvalue weighted by Crippen LogP contribution is 2.46. The number of alkyl halides is 2. The number of halogens is 3. The van der Waals surface area contributed by atoms with E-state index in [1.54, 1.807) is 17.1 Å². The third kappa shape index (κ3) is 4.36. The Morgan fingerprint density at radius 2 is 1.98 bits per heavy atom. The molecule has 1 aliphatic rings. The minimum atomic E-state index is -3.03. The first kappa shape index (κ1) is 27.7. The summed E-state index contributed by atoms with van der Waals surface area (Å²) in [5.74, 6) is 5.61. The van der Waals surface area contributed by atoms with Gasteiger partial charge in [-0.2, -0.15) is 24.1 Å². The van der Waals surface area contributed by atoms with Crippen molar-refractivity contribution in [1.82, 2.24) is 39.7 Å². The van der Waals surface area contributed by atoms with Crippen molar-refractivity contribution in [2.24, 2.45) is 18.6 Å². The van der Waals surface area contributed by atoms with Gasteiger partial charge in [0.05, 0.1) is 34.5 Å². The lowest BCUT2D eigenvalue weighted by molar-refractivity contribution is -0.0586. The van der Waals surface area contributed by atoms with Crippen molar-refractivity contribution >= 4 is 39.4 Å². The van der Waals surface area contributed by atoms with Crippen LogP contribution in [-0.4, -0.2) is 58.3 Å². The Labute approximate surface area is 244 Å². The molecule has 0 aliphatic heterocycles. The molecule has 5 N–H and O–H groups in total. The predicted molar refractivity (Wildman–Crippen MR) is 156 cm³/mol. The van der Waals surface area contributed by atoms with E-state index in [4.69, 9.17) is 28.3 Å². The highest BCUT2D eigenvalue weighted by molar-refractivity contribution is 6.36. The van der Waals surface area contributed by atoms with Crippen LogP contribution in [0.15, 0.2) is 49.1 Å². The first-order chi connectivity index (χ1) is 20.1. The molecule has 3 aromatic heterocycles. The van der Waals surface area contributed by atoms with E-state index < -0.39 is 18.6 Å². The Bertz CT molecular complexity index is 1850. The van der Waals surface area contributed by atoms with Gasteiger partial charge in [-0.15, -0.1) is 0 Å². The summed E-state index contributed by atoms with van der Waals surface area (Å²) in [6.07, 6.45) is 6.11. The van der Waals surface area contributed by atoms with Gasteiger partial charge in [-0.1, -0.05) is 17.7 Å². The number of amides is 2. The smallest absolute Gasteiger partial charge is 0.342 e. The van der Waals surface area contributed by atoms with E-state index in [-0.39, 0.29) is 18.9 Å². The maximum Gasteiger partial charge on any atom is 0.342 e. The van der Waals surface area contributed by atoms with Gasteiger partial charge in [0.25, 0.3) is 0 Å². The number of nitrogens with zero attached hydrogens (tertiary/aromatic N) is 7. The second-order valence-corrected chi connectivity index (χ2v) is 10.9. The zero-order valence-corrected chi connectivity index (χ0v) is 23.8. The van der Waals surface area contributed by atoms with Crippen LogP contribution in [0.1, 0.15) is 30.1 Å². The van der Waals surface area contributed by atoms with E-state index in [0.717, 1.165) is 62.2 Å². The Morgan fingerprint density at radius 1 is 1.21 bits per heavy atom. The molecule has 1 fully saturated rings. The number of urea groups is 1. The molecule has 5 aromatic rings. The van der Waals surface area contributed by atoms with E-state index in [0.29, 0.717) is 20.6 Å². The molecule has 2 amide bonds. The maximum atomic E-state index is 14.0. The molecule has 0 bridgehead atoms. The predicted octanol–water partition coefficient (Wildman–Crippen LogP) is 5.20. The molecule has 2 aromatic carbocycles. The van der Waals surface area contributed by atoms with Crippen molar-refractivity contribution in [3.05, 3.63) is 65.3 Å². The monoisotopic (exact) mass is 594 g/mol. The third-order valence-corrected chi connectivity index (χ3v) is 8.50. The average molecular weight is 595 g/mol. The molecule has 0 atom stereocenters. The van der Waals surface area contributed by atoms with Crippen molar-refractivity contribution in [3.8, 4) is 22.4 Å². The minimum absolute atomic E-state index is 0.238. The second kappa shape index (κ2) is 10.4. The van der Waals surface area contributed by atoms with Crippen LogP contribution in [0.2, 0.25) is 5.02 Å². The summed E-state index contributed by atoms with van der Waals surface area (Å²) in [5, 5.41) is 19.6. The molecule has 11 nitrogen and oxygen atoms in total. The number of rotatable bonds is 6. The van der Waals surface area contributed by atoms with E-state index in [1.165, 1.54) is 0 Å². The quantitative estimate of drug-likeness (QED) is 0.107. The summed E-state index contributed by atoms with van der Waals surface area (Å²) >= 11 is 6.97. The first-order valence-corrected chi connectivity index (χ1v) is 13.6. The van der Waals surface area contributed by atoms with Crippen LogP contribution in [0.3, 0.4) is 0 Å². The highest BCUT2D eigenvalue weighted by Gasteiger charge is 2.43. The molecule has 0 unspecified atom stereocenters. The molecule has 42 heavy (non-hydrogen) atoms. The van der Waals surface area contributed by atoms with Crippen molar-refractivity contribution in [2.75, 3.05) is 0 Å². The third-order valence-electron chi connectivity index (χ3n) is 8.01. The van der Waals surface area contributed by atoms with Crippen LogP contribution in [0.25, 0.3) is 44.2 Å². The number of fused-ring (bicyclic) bond motifs is 2. The number of nitrogens with two attached hydrogens (primary N) is 2. The van der Waals surface area contributed by atoms with Crippen LogP contribution in [0.4, 0.5) is 13.6 Å². The molecule has 218 valence electrons. The van der Waals surface area contributed by atoms with Gasteiger partial charge < -0.3 is 5.73 Å². The molecule has 1 saturated carbocycles. The Hall–Kier alpha value is -4.49. The van der Waals surface area contributed by atoms with Gasteiger partial charge in [-0.3, -0.25) is 19.4 Å².